The maximum Gasteiger partial charge on any atom is 0.0197 e. The minimum atomic E-state index is -0.186. The van der Waals surface area contributed by atoms with E-state index in [9.17, 15) is 0 Å². The highest BCUT2D eigenvalue weighted by Crippen LogP contribution is 2.72. The first-order valence-corrected chi connectivity index (χ1v) is 17.2. The van der Waals surface area contributed by atoms with Crippen molar-refractivity contribution in [2.75, 3.05) is 0 Å². The van der Waals surface area contributed by atoms with Gasteiger partial charge < -0.3 is 0 Å². The maximum atomic E-state index is 5.00. The minimum absolute atomic E-state index is 0.00411. The molecule has 2 aromatic rings. The molecule has 3 aliphatic rings. The van der Waals surface area contributed by atoms with E-state index in [1.54, 1.807) is 0 Å². The van der Waals surface area contributed by atoms with E-state index in [0.29, 0.717) is 17.8 Å². The molecule has 45 heavy (non-hydrogen) atoms. The number of hydrogen-bond donors (Lipinski definition) is 0. The molecule has 0 heteroatoms. The minimum Gasteiger partial charge on any atom is -0.0998 e. The number of rotatable bonds is 6. The molecule has 0 saturated heterocycles. The fourth-order valence-electron chi connectivity index (χ4n) is 10.9. The lowest BCUT2D eigenvalue weighted by Gasteiger charge is -2.65. The number of allylic oxidation sites excluding steroid dienone is 8. The van der Waals surface area contributed by atoms with Crippen LogP contribution in [0.15, 0.2) is 95.7 Å². The third-order valence-electron chi connectivity index (χ3n) is 12.4. The van der Waals surface area contributed by atoms with Crippen molar-refractivity contribution < 1.29 is 0 Å². The third-order valence-corrected chi connectivity index (χ3v) is 12.4. The van der Waals surface area contributed by atoms with Crippen LogP contribution in [-0.2, 0) is 12.8 Å². The summed E-state index contributed by atoms with van der Waals surface area (Å²) in [5, 5.41) is 0. The van der Waals surface area contributed by atoms with Crippen LogP contribution in [0.5, 0.6) is 0 Å². The summed E-state index contributed by atoms with van der Waals surface area (Å²) < 4.78 is 0. The molecule has 0 radical (unpaired) electrons. The first-order chi connectivity index (χ1) is 20.8. The Bertz CT molecular complexity index is 1730. The van der Waals surface area contributed by atoms with Gasteiger partial charge in [-0.2, -0.15) is 0 Å². The number of benzene rings is 2. The SMILES string of the molecule is C=C(C)Cc1cccc(-c2cc(C(C)C)c3c(c2C)C(=C)C2=C(C)[C@@]4(C)C(=C)C(C(=C)C)=C(C)[C@H](C(C)C)[C@@]4(C)C[C@@]2(C)C3)c1. The van der Waals surface area contributed by atoms with Crippen molar-refractivity contribution in [3.05, 3.63) is 123 Å². The Labute approximate surface area is 275 Å². The van der Waals surface area contributed by atoms with Crippen LogP contribution in [0.1, 0.15) is 116 Å². The van der Waals surface area contributed by atoms with Crippen LogP contribution < -0.4 is 0 Å². The Hall–Kier alpha value is -3.12. The first-order valence-electron chi connectivity index (χ1n) is 17.2. The molecule has 4 atom stereocenters. The van der Waals surface area contributed by atoms with Gasteiger partial charge in [-0.3, -0.25) is 0 Å². The lowest BCUT2D eigenvalue weighted by Crippen LogP contribution is -2.57. The predicted molar refractivity (Wildman–Crippen MR) is 199 cm³/mol. The van der Waals surface area contributed by atoms with E-state index in [1.807, 2.05) is 0 Å². The van der Waals surface area contributed by atoms with Gasteiger partial charge in [0.2, 0.25) is 0 Å². The van der Waals surface area contributed by atoms with Crippen molar-refractivity contribution >= 4 is 5.57 Å². The fourth-order valence-corrected chi connectivity index (χ4v) is 10.9. The molecule has 0 nitrogen and oxygen atoms in total. The van der Waals surface area contributed by atoms with Gasteiger partial charge in [0.25, 0.3) is 0 Å². The predicted octanol–water partition coefficient (Wildman–Crippen LogP) is 12.9. The normalized spacial score (nSPS) is 28.0. The summed E-state index contributed by atoms with van der Waals surface area (Å²) in [4.78, 5) is 0. The van der Waals surface area contributed by atoms with Crippen molar-refractivity contribution in [3.63, 3.8) is 0 Å². The third kappa shape index (κ3) is 4.68. The topological polar surface area (TPSA) is 0 Å². The van der Waals surface area contributed by atoms with Gasteiger partial charge in [-0.15, -0.1) is 0 Å². The molecule has 0 aromatic heterocycles. The Balaban J connectivity index is 1.80. The van der Waals surface area contributed by atoms with E-state index in [0.717, 1.165) is 24.8 Å². The Kier molecular flexibility index (Phi) is 8.13. The zero-order chi connectivity index (χ0) is 33.5. The molecule has 0 N–H and O–H groups in total. The van der Waals surface area contributed by atoms with Gasteiger partial charge in [0.1, 0.15) is 0 Å². The molecule has 238 valence electrons. The van der Waals surface area contributed by atoms with Crippen molar-refractivity contribution in [1.82, 2.24) is 0 Å². The van der Waals surface area contributed by atoms with Gasteiger partial charge in [0, 0.05) is 5.41 Å². The van der Waals surface area contributed by atoms with E-state index in [2.05, 4.69) is 127 Å². The Morgan fingerprint density at radius 2 is 1.60 bits per heavy atom. The monoisotopic (exact) mass is 598 g/mol. The summed E-state index contributed by atoms with van der Waals surface area (Å²) in [6, 6.07) is 11.6. The van der Waals surface area contributed by atoms with Crippen LogP contribution in [-0.4, -0.2) is 0 Å². The van der Waals surface area contributed by atoms with Crippen LogP contribution in [0.4, 0.5) is 0 Å². The molecule has 5 rings (SSSR count). The van der Waals surface area contributed by atoms with Gasteiger partial charge >= 0.3 is 0 Å². The molecular formula is C45H58. The smallest absolute Gasteiger partial charge is 0.0197 e. The second-order valence-electron chi connectivity index (χ2n) is 16.5. The van der Waals surface area contributed by atoms with Crippen LogP contribution in [0.2, 0.25) is 0 Å². The summed E-state index contributed by atoms with van der Waals surface area (Å²) in [7, 11) is 0. The first kappa shape index (κ1) is 33.2. The molecule has 0 saturated carbocycles. The molecule has 0 heterocycles. The van der Waals surface area contributed by atoms with Crippen molar-refractivity contribution in [1.29, 1.82) is 0 Å². The van der Waals surface area contributed by atoms with Gasteiger partial charge in [-0.25, -0.2) is 0 Å². The Morgan fingerprint density at radius 1 is 0.956 bits per heavy atom. The molecular weight excluding hydrogens is 540 g/mol. The van der Waals surface area contributed by atoms with Crippen LogP contribution in [0.25, 0.3) is 16.7 Å². The average molecular weight is 599 g/mol. The van der Waals surface area contributed by atoms with Crippen molar-refractivity contribution in [2.24, 2.45) is 28.1 Å². The molecule has 2 aromatic carbocycles. The van der Waals surface area contributed by atoms with Gasteiger partial charge in [0.15, 0.2) is 0 Å². The van der Waals surface area contributed by atoms with Crippen molar-refractivity contribution in [2.45, 2.75) is 108 Å². The van der Waals surface area contributed by atoms with E-state index in [-0.39, 0.29) is 16.2 Å². The fraction of sp³-hybridized carbons (Fsp3) is 0.467. The molecule has 3 aliphatic carbocycles. The molecule has 0 unspecified atom stereocenters. The zero-order valence-corrected chi connectivity index (χ0v) is 30.6. The van der Waals surface area contributed by atoms with E-state index in [1.165, 1.54) is 78.0 Å². The van der Waals surface area contributed by atoms with Crippen molar-refractivity contribution in [3.8, 4) is 11.1 Å². The average Bonchev–Trinajstić information content (AvgIpc) is 2.90. The van der Waals surface area contributed by atoms with E-state index >= 15 is 0 Å². The maximum absolute atomic E-state index is 5.00. The second-order valence-corrected chi connectivity index (χ2v) is 16.5. The standard InChI is InChI=1S/C45H58/c1-25(2)20-34-18-17-19-35(21-34)37-22-36(26(3)4)38-23-43(14)24-44(15)41(28(7)8)30(10)39(27(5)6)32(12)45(44,16)33(13)42(43)31(11)40(38)29(37)9/h17-19,21-22,26,28,41H,1,5,11-12,20,23-24H2,2-4,6-10,13-16H3/t41-,43+,44+,45+/m0/s1. The second kappa shape index (κ2) is 11.0. The van der Waals surface area contributed by atoms with Gasteiger partial charge in [-0.05, 0) is 144 Å². The summed E-state index contributed by atoms with van der Waals surface area (Å²) in [6.07, 6.45) is 3.08. The van der Waals surface area contributed by atoms with E-state index in [4.69, 9.17) is 13.2 Å². The quantitative estimate of drug-likeness (QED) is 0.290. The lowest BCUT2D eigenvalue weighted by molar-refractivity contribution is -0.0106. The lowest BCUT2D eigenvalue weighted by atomic mass is 9.38. The summed E-state index contributed by atoms with van der Waals surface area (Å²) in [5.74, 6) is 1.39. The highest BCUT2D eigenvalue weighted by molar-refractivity contribution is 5.90. The van der Waals surface area contributed by atoms with Gasteiger partial charge in [0.05, 0.1) is 0 Å². The summed E-state index contributed by atoms with van der Waals surface area (Å²) in [5.41, 5.74) is 20.1. The summed E-state index contributed by atoms with van der Waals surface area (Å²) >= 11 is 0. The highest BCUT2D eigenvalue weighted by Gasteiger charge is 2.63. The highest BCUT2D eigenvalue weighted by atomic mass is 14.7. The molecule has 0 bridgehead atoms. The molecule has 0 aliphatic heterocycles. The van der Waals surface area contributed by atoms with Crippen LogP contribution in [0, 0.1) is 35.0 Å². The zero-order valence-electron chi connectivity index (χ0n) is 30.6. The van der Waals surface area contributed by atoms with Crippen LogP contribution >= 0.6 is 0 Å². The molecule has 0 amide bonds. The Morgan fingerprint density at radius 3 is 2.16 bits per heavy atom. The molecule has 0 fully saturated rings. The van der Waals surface area contributed by atoms with E-state index < -0.39 is 0 Å². The summed E-state index contributed by atoms with van der Waals surface area (Å²) in [6.45, 7) is 47.1. The largest absolute Gasteiger partial charge is 0.0998 e. The number of fused-ring (bicyclic) bond motifs is 3. The van der Waals surface area contributed by atoms with Gasteiger partial charge in [-0.1, -0.05) is 127 Å². The molecule has 0 spiro atoms. The number of hydrogen-bond acceptors (Lipinski definition) is 0. The van der Waals surface area contributed by atoms with Crippen LogP contribution in [0.3, 0.4) is 0 Å².